The molecular weight excluding hydrogens is 316 g/mol. The zero-order valence-electron chi connectivity index (χ0n) is 10.7. The Labute approximate surface area is 119 Å². The third-order valence-corrected chi connectivity index (χ3v) is 4.34. The van der Waals surface area contributed by atoms with Crippen LogP contribution in [0.3, 0.4) is 0 Å². The topological polar surface area (TPSA) is 51.2 Å². The molecule has 100 valence electrons. The molecule has 18 heavy (non-hydrogen) atoms. The number of amides is 1. The first-order valence-electron chi connectivity index (χ1n) is 5.94. The van der Waals surface area contributed by atoms with Gasteiger partial charge in [0, 0.05) is 12.0 Å². The number of rotatable bonds is 2. The van der Waals surface area contributed by atoms with E-state index >= 15 is 0 Å². The molecule has 1 aromatic rings. The molecule has 6 heteroatoms. The number of hydrogen-bond donors (Lipinski definition) is 1. The molecule has 0 atom stereocenters. The lowest BCUT2D eigenvalue weighted by atomic mass is 9.81. The molecule has 0 radical (unpaired) electrons. The maximum Gasteiger partial charge on any atom is 0.407 e. The minimum atomic E-state index is -0.437. The van der Waals surface area contributed by atoms with Crippen molar-refractivity contribution in [2.45, 2.75) is 51.2 Å². The van der Waals surface area contributed by atoms with Crippen molar-refractivity contribution in [2.75, 3.05) is 0 Å². The average molecular weight is 333 g/mol. The largest absolute Gasteiger partial charge is 0.444 e. The van der Waals surface area contributed by atoms with Crippen molar-refractivity contribution >= 4 is 33.4 Å². The Morgan fingerprint density at radius 2 is 2.22 bits per heavy atom. The van der Waals surface area contributed by atoms with Crippen LogP contribution < -0.4 is 5.32 Å². The van der Waals surface area contributed by atoms with Crippen LogP contribution in [0.25, 0.3) is 0 Å². The van der Waals surface area contributed by atoms with Gasteiger partial charge in [-0.3, -0.25) is 0 Å². The summed E-state index contributed by atoms with van der Waals surface area (Å²) in [6, 6.07) is 0.215. The van der Waals surface area contributed by atoms with Gasteiger partial charge < -0.3 is 10.1 Å². The fraction of sp³-hybridized carbons (Fsp3) is 0.667. The van der Waals surface area contributed by atoms with Gasteiger partial charge in [0.15, 0.2) is 0 Å². The van der Waals surface area contributed by atoms with Gasteiger partial charge in [0.1, 0.15) is 5.60 Å². The van der Waals surface area contributed by atoms with Crippen molar-refractivity contribution in [1.82, 2.24) is 10.3 Å². The average Bonchev–Trinajstić information content (AvgIpc) is 2.54. The number of carbonyl (C=O) groups is 1. The van der Waals surface area contributed by atoms with E-state index in [9.17, 15) is 4.79 Å². The standard InChI is InChI=1S/C12H17BrN2O2S/c1-12(2,3)17-11(16)15-8-4-7(5-8)10-14-6-9(13)18-10/h6-8H,4-5H2,1-3H3,(H,15,16)/t7-,8-. The molecule has 0 spiro atoms. The van der Waals surface area contributed by atoms with Crippen LogP contribution in [0.15, 0.2) is 9.98 Å². The van der Waals surface area contributed by atoms with E-state index in [0.717, 1.165) is 21.6 Å². The molecule has 0 bridgehead atoms. The van der Waals surface area contributed by atoms with Gasteiger partial charge >= 0.3 is 6.09 Å². The Bertz CT molecular complexity index is 436. The van der Waals surface area contributed by atoms with Crippen molar-refractivity contribution in [3.05, 3.63) is 15.0 Å². The number of nitrogens with one attached hydrogen (secondary N) is 1. The summed E-state index contributed by atoms with van der Waals surface area (Å²) >= 11 is 5.07. The van der Waals surface area contributed by atoms with Crippen LogP contribution in [0, 0.1) is 0 Å². The molecule has 0 aromatic carbocycles. The van der Waals surface area contributed by atoms with Crippen LogP contribution in [0.5, 0.6) is 0 Å². The van der Waals surface area contributed by atoms with E-state index in [-0.39, 0.29) is 12.1 Å². The molecule has 1 aliphatic carbocycles. The Kier molecular flexibility index (Phi) is 3.96. The summed E-state index contributed by atoms with van der Waals surface area (Å²) in [6.07, 6.45) is 3.39. The molecule has 1 fully saturated rings. The molecule has 0 aliphatic heterocycles. The lowest BCUT2D eigenvalue weighted by Crippen LogP contribution is -2.45. The van der Waals surface area contributed by atoms with Gasteiger partial charge in [-0.15, -0.1) is 11.3 Å². The molecular formula is C12H17BrN2O2S. The smallest absolute Gasteiger partial charge is 0.407 e. The van der Waals surface area contributed by atoms with E-state index in [1.165, 1.54) is 0 Å². The van der Waals surface area contributed by atoms with Gasteiger partial charge in [-0.05, 0) is 49.5 Å². The zero-order valence-corrected chi connectivity index (χ0v) is 13.1. The summed E-state index contributed by atoms with van der Waals surface area (Å²) in [5, 5.41) is 4.03. The summed E-state index contributed by atoms with van der Waals surface area (Å²) in [5.74, 6) is 0.473. The molecule has 1 heterocycles. The molecule has 1 aliphatic rings. The lowest BCUT2D eigenvalue weighted by Gasteiger charge is -2.34. The number of ether oxygens (including phenoxy) is 1. The normalized spacial score (nSPS) is 23.3. The summed E-state index contributed by atoms with van der Waals surface area (Å²) in [6.45, 7) is 5.59. The van der Waals surface area contributed by atoms with Gasteiger partial charge in [-0.2, -0.15) is 0 Å². The molecule has 0 unspecified atom stereocenters. The van der Waals surface area contributed by atoms with E-state index in [4.69, 9.17) is 4.74 Å². The number of aromatic nitrogens is 1. The number of nitrogens with zero attached hydrogens (tertiary/aromatic N) is 1. The predicted molar refractivity (Wildman–Crippen MR) is 74.9 cm³/mol. The van der Waals surface area contributed by atoms with E-state index in [1.54, 1.807) is 11.3 Å². The van der Waals surface area contributed by atoms with E-state index in [0.29, 0.717) is 5.92 Å². The van der Waals surface area contributed by atoms with Crippen molar-refractivity contribution in [1.29, 1.82) is 0 Å². The highest BCUT2D eigenvalue weighted by Gasteiger charge is 2.34. The zero-order chi connectivity index (χ0) is 13.3. The van der Waals surface area contributed by atoms with Crippen LogP contribution >= 0.6 is 27.3 Å². The molecule has 2 rings (SSSR count). The molecule has 1 N–H and O–H groups in total. The van der Waals surface area contributed by atoms with E-state index < -0.39 is 5.60 Å². The third-order valence-electron chi connectivity index (χ3n) is 2.70. The summed E-state index contributed by atoms with van der Waals surface area (Å²) in [4.78, 5) is 15.9. The van der Waals surface area contributed by atoms with Gasteiger partial charge in [0.2, 0.25) is 0 Å². The molecule has 1 aromatic heterocycles. The second-order valence-corrected chi connectivity index (χ2v) is 7.96. The van der Waals surface area contributed by atoms with Gasteiger partial charge in [-0.25, -0.2) is 9.78 Å². The van der Waals surface area contributed by atoms with Crippen LogP contribution in [0.2, 0.25) is 0 Å². The van der Waals surface area contributed by atoms with Crippen LogP contribution in [-0.2, 0) is 4.74 Å². The SMILES string of the molecule is CC(C)(C)OC(=O)N[C@H]1C[C@H](c2ncc(Br)s2)C1. The molecule has 4 nitrogen and oxygen atoms in total. The highest BCUT2D eigenvalue weighted by Crippen LogP contribution is 2.39. The number of alkyl carbamates (subject to hydrolysis) is 1. The van der Waals surface area contributed by atoms with Crippen LogP contribution in [0.1, 0.15) is 44.5 Å². The minimum absolute atomic E-state index is 0.215. The quantitative estimate of drug-likeness (QED) is 0.898. The fourth-order valence-corrected chi connectivity index (χ4v) is 3.24. The second kappa shape index (κ2) is 5.17. The summed E-state index contributed by atoms with van der Waals surface area (Å²) < 4.78 is 6.28. The highest BCUT2D eigenvalue weighted by atomic mass is 79.9. The van der Waals surface area contributed by atoms with Gasteiger partial charge in [0.25, 0.3) is 0 Å². The van der Waals surface area contributed by atoms with Gasteiger partial charge in [0.05, 0.1) is 15.0 Å². The monoisotopic (exact) mass is 332 g/mol. The van der Waals surface area contributed by atoms with E-state index in [1.807, 2.05) is 27.0 Å². The number of hydrogen-bond acceptors (Lipinski definition) is 4. The minimum Gasteiger partial charge on any atom is -0.444 e. The molecule has 0 saturated heterocycles. The second-order valence-electron chi connectivity index (χ2n) is 5.51. The van der Waals surface area contributed by atoms with Crippen molar-refractivity contribution in [2.24, 2.45) is 0 Å². The lowest BCUT2D eigenvalue weighted by molar-refractivity contribution is 0.0471. The first-order chi connectivity index (χ1) is 8.33. The summed E-state index contributed by atoms with van der Waals surface area (Å²) in [5.41, 5.74) is -0.437. The van der Waals surface area contributed by atoms with Crippen LogP contribution in [0.4, 0.5) is 4.79 Å². The predicted octanol–water partition coefficient (Wildman–Crippen LogP) is 3.68. The Hall–Kier alpha value is -0.620. The molecule has 1 saturated carbocycles. The Balaban J connectivity index is 1.75. The van der Waals surface area contributed by atoms with Crippen LogP contribution in [-0.4, -0.2) is 22.7 Å². The van der Waals surface area contributed by atoms with Crippen molar-refractivity contribution < 1.29 is 9.53 Å². The number of carbonyl (C=O) groups excluding carboxylic acids is 1. The maximum absolute atomic E-state index is 11.6. The van der Waals surface area contributed by atoms with Crippen molar-refractivity contribution in [3.8, 4) is 0 Å². The van der Waals surface area contributed by atoms with Crippen molar-refractivity contribution in [3.63, 3.8) is 0 Å². The third kappa shape index (κ3) is 3.68. The molecule has 1 amide bonds. The highest BCUT2D eigenvalue weighted by molar-refractivity contribution is 9.11. The summed E-state index contributed by atoms with van der Waals surface area (Å²) in [7, 11) is 0. The van der Waals surface area contributed by atoms with Gasteiger partial charge in [-0.1, -0.05) is 0 Å². The number of halogens is 1. The van der Waals surface area contributed by atoms with E-state index in [2.05, 4.69) is 26.2 Å². The fourth-order valence-electron chi connectivity index (χ4n) is 1.87. The maximum atomic E-state index is 11.6. The number of thiazole rings is 1. The Morgan fingerprint density at radius 1 is 1.56 bits per heavy atom. The first kappa shape index (κ1) is 13.8. The Morgan fingerprint density at radius 3 is 2.72 bits per heavy atom. The first-order valence-corrected chi connectivity index (χ1v) is 7.55.